The number of morpholine rings is 1. The van der Waals surface area contributed by atoms with Gasteiger partial charge in [0, 0.05) is 24.2 Å². The van der Waals surface area contributed by atoms with Crippen molar-refractivity contribution in [2.24, 2.45) is 7.05 Å². The number of aromatic nitrogens is 3. The molecule has 3 rings (SSSR count). The van der Waals surface area contributed by atoms with E-state index in [1.165, 1.54) is 0 Å². The molecule has 7 heteroatoms. The zero-order chi connectivity index (χ0) is 15.7. The van der Waals surface area contributed by atoms with Crippen LogP contribution in [0.3, 0.4) is 0 Å². The van der Waals surface area contributed by atoms with Crippen molar-refractivity contribution in [3.05, 3.63) is 46.5 Å². The second-order valence-corrected chi connectivity index (χ2v) is 5.78. The lowest BCUT2D eigenvalue weighted by molar-refractivity contribution is -0.0281. The van der Waals surface area contributed by atoms with Crippen LogP contribution in [0.5, 0.6) is 0 Å². The van der Waals surface area contributed by atoms with Gasteiger partial charge in [0.2, 0.25) is 0 Å². The maximum Gasteiger partial charge on any atom is 0.254 e. The fourth-order valence-electron chi connectivity index (χ4n) is 2.48. The Hall–Kier alpha value is -1.92. The zero-order valence-electron chi connectivity index (χ0n) is 12.5. The average molecular weight is 321 g/mol. The minimum atomic E-state index is -0.258. The summed E-state index contributed by atoms with van der Waals surface area (Å²) in [6, 6.07) is 5.37. The second-order valence-electron chi connectivity index (χ2n) is 5.37. The largest absolute Gasteiger partial charge is 0.366 e. The molecule has 2 aromatic rings. The highest BCUT2D eigenvalue weighted by Crippen LogP contribution is 2.23. The molecule has 1 aliphatic heterocycles. The molecule has 0 radical (unpaired) electrons. The highest BCUT2D eigenvalue weighted by molar-refractivity contribution is 6.31. The Morgan fingerprint density at radius 1 is 1.45 bits per heavy atom. The predicted octanol–water partition coefficient (Wildman–Crippen LogP) is 1.99. The van der Waals surface area contributed by atoms with Gasteiger partial charge in [-0.1, -0.05) is 17.7 Å². The summed E-state index contributed by atoms with van der Waals surface area (Å²) in [4.78, 5) is 14.4. The van der Waals surface area contributed by atoms with Crippen LogP contribution < -0.4 is 0 Å². The van der Waals surface area contributed by atoms with Crippen molar-refractivity contribution in [2.45, 2.75) is 13.0 Å². The summed E-state index contributed by atoms with van der Waals surface area (Å²) in [7, 11) is 1.86. The molecule has 1 saturated heterocycles. The summed E-state index contributed by atoms with van der Waals surface area (Å²) < 4.78 is 7.53. The Morgan fingerprint density at radius 2 is 2.27 bits per heavy atom. The summed E-state index contributed by atoms with van der Waals surface area (Å²) in [6.07, 6.45) is 1.37. The van der Waals surface area contributed by atoms with E-state index in [9.17, 15) is 4.79 Å². The molecule has 1 aliphatic rings. The maximum absolute atomic E-state index is 12.6. The van der Waals surface area contributed by atoms with Crippen molar-refractivity contribution >= 4 is 17.5 Å². The van der Waals surface area contributed by atoms with Crippen LogP contribution in [0.2, 0.25) is 5.02 Å². The van der Waals surface area contributed by atoms with Gasteiger partial charge < -0.3 is 14.2 Å². The van der Waals surface area contributed by atoms with Crippen LogP contribution in [-0.2, 0) is 11.8 Å². The minimum absolute atomic E-state index is 0.0441. The third-order valence-electron chi connectivity index (χ3n) is 3.81. The Bertz CT molecular complexity index is 701. The molecule has 1 aromatic carbocycles. The van der Waals surface area contributed by atoms with Gasteiger partial charge in [-0.3, -0.25) is 4.79 Å². The normalized spacial score (nSPS) is 18.5. The number of halogens is 1. The van der Waals surface area contributed by atoms with Gasteiger partial charge in [0.25, 0.3) is 5.91 Å². The van der Waals surface area contributed by atoms with Gasteiger partial charge in [-0.25, -0.2) is 0 Å². The lowest BCUT2D eigenvalue weighted by Gasteiger charge is -2.32. The van der Waals surface area contributed by atoms with Crippen molar-refractivity contribution in [3.8, 4) is 0 Å². The second kappa shape index (κ2) is 6.06. The topological polar surface area (TPSA) is 60.3 Å². The smallest absolute Gasteiger partial charge is 0.254 e. The number of carbonyl (C=O) groups is 1. The van der Waals surface area contributed by atoms with E-state index >= 15 is 0 Å². The molecule has 6 nitrogen and oxygen atoms in total. The highest BCUT2D eigenvalue weighted by Gasteiger charge is 2.28. The van der Waals surface area contributed by atoms with Crippen LogP contribution in [-0.4, -0.2) is 45.3 Å². The number of aryl methyl sites for hydroxylation is 2. The average Bonchev–Trinajstić information content (AvgIpc) is 2.95. The van der Waals surface area contributed by atoms with Crippen LogP contribution in [0.25, 0.3) is 0 Å². The van der Waals surface area contributed by atoms with Crippen LogP contribution >= 0.6 is 11.6 Å². The number of hydrogen-bond donors (Lipinski definition) is 0. The molecule has 1 fully saturated rings. The lowest BCUT2D eigenvalue weighted by Crippen LogP contribution is -2.42. The van der Waals surface area contributed by atoms with E-state index in [2.05, 4.69) is 10.2 Å². The Kier molecular flexibility index (Phi) is 4.13. The van der Waals surface area contributed by atoms with Crippen molar-refractivity contribution in [3.63, 3.8) is 0 Å². The molecule has 2 heterocycles. The Balaban J connectivity index is 1.78. The molecule has 0 aliphatic carbocycles. The molecule has 0 spiro atoms. The number of ether oxygens (including phenoxy) is 1. The van der Waals surface area contributed by atoms with Gasteiger partial charge in [-0.2, -0.15) is 0 Å². The summed E-state index contributed by atoms with van der Waals surface area (Å²) in [5.74, 6) is 0.678. The van der Waals surface area contributed by atoms with Crippen molar-refractivity contribution < 1.29 is 9.53 Å². The van der Waals surface area contributed by atoms with Crippen LogP contribution in [0.4, 0.5) is 0 Å². The fourth-order valence-corrected chi connectivity index (χ4v) is 2.66. The summed E-state index contributed by atoms with van der Waals surface area (Å²) >= 11 is 6.11. The third kappa shape index (κ3) is 2.84. The first kappa shape index (κ1) is 15.0. The van der Waals surface area contributed by atoms with Crippen LogP contribution in [0.1, 0.15) is 27.8 Å². The number of benzene rings is 1. The Labute approximate surface area is 133 Å². The molecule has 22 heavy (non-hydrogen) atoms. The standard InChI is InChI=1S/C15H17ClN4O2/c1-10-3-4-11(7-12(10)16)15(21)20-5-6-22-13(8-20)14-18-17-9-19(14)2/h3-4,7,9,13H,5-6,8H2,1-2H3/t13-/m0/s1. The van der Waals surface area contributed by atoms with E-state index in [1.54, 1.807) is 27.9 Å². The first-order chi connectivity index (χ1) is 10.6. The molecule has 0 N–H and O–H groups in total. The molecule has 1 atom stereocenters. The quantitative estimate of drug-likeness (QED) is 0.849. The van der Waals surface area contributed by atoms with Crippen molar-refractivity contribution in [2.75, 3.05) is 19.7 Å². The number of nitrogens with zero attached hydrogens (tertiary/aromatic N) is 4. The van der Waals surface area contributed by atoms with Crippen LogP contribution in [0.15, 0.2) is 24.5 Å². The molecule has 1 amide bonds. The van der Waals surface area contributed by atoms with Gasteiger partial charge in [-0.05, 0) is 24.6 Å². The van der Waals surface area contributed by atoms with E-state index in [-0.39, 0.29) is 12.0 Å². The first-order valence-electron chi connectivity index (χ1n) is 7.07. The molecule has 0 bridgehead atoms. The lowest BCUT2D eigenvalue weighted by atomic mass is 10.1. The van der Waals surface area contributed by atoms with E-state index in [0.29, 0.717) is 30.3 Å². The number of hydrogen-bond acceptors (Lipinski definition) is 4. The van der Waals surface area contributed by atoms with Gasteiger partial charge >= 0.3 is 0 Å². The zero-order valence-corrected chi connectivity index (χ0v) is 13.2. The molecule has 1 aromatic heterocycles. The van der Waals surface area contributed by atoms with Gasteiger partial charge in [0.15, 0.2) is 5.82 Å². The molecule has 0 saturated carbocycles. The molecular weight excluding hydrogens is 304 g/mol. The number of rotatable bonds is 2. The third-order valence-corrected chi connectivity index (χ3v) is 4.21. The fraction of sp³-hybridized carbons (Fsp3) is 0.400. The van der Waals surface area contributed by atoms with E-state index < -0.39 is 0 Å². The number of carbonyl (C=O) groups excluding carboxylic acids is 1. The van der Waals surface area contributed by atoms with Crippen molar-refractivity contribution in [1.82, 2.24) is 19.7 Å². The van der Waals surface area contributed by atoms with Crippen LogP contribution in [0, 0.1) is 6.92 Å². The van der Waals surface area contributed by atoms with E-state index in [1.807, 2.05) is 20.0 Å². The summed E-state index contributed by atoms with van der Waals surface area (Å²) in [5.41, 5.74) is 1.55. The Morgan fingerprint density at radius 3 is 2.95 bits per heavy atom. The monoisotopic (exact) mass is 320 g/mol. The van der Waals surface area contributed by atoms with Gasteiger partial charge in [0.1, 0.15) is 12.4 Å². The number of amides is 1. The van der Waals surface area contributed by atoms with E-state index in [4.69, 9.17) is 16.3 Å². The maximum atomic E-state index is 12.6. The SMILES string of the molecule is Cc1ccc(C(=O)N2CCO[C@H](c3nncn3C)C2)cc1Cl. The van der Waals surface area contributed by atoms with Gasteiger partial charge in [0.05, 0.1) is 13.2 Å². The minimum Gasteiger partial charge on any atom is -0.366 e. The molecule has 116 valence electrons. The highest BCUT2D eigenvalue weighted by atomic mass is 35.5. The summed E-state index contributed by atoms with van der Waals surface area (Å²) in [5, 5.41) is 8.52. The van der Waals surface area contributed by atoms with E-state index in [0.717, 1.165) is 11.4 Å². The predicted molar refractivity (Wildman–Crippen MR) is 81.8 cm³/mol. The molecular formula is C15H17ClN4O2. The summed E-state index contributed by atoms with van der Waals surface area (Å²) in [6.45, 7) is 3.40. The first-order valence-corrected chi connectivity index (χ1v) is 7.45. The molecule has 0 unspecified atom stereocenters. The van der Waals surface area contributed by atoms with Crippen molar-refractivity contribution in [1.29, 1.82) is 0 Å². The van der Waals surface area contributed by atoms with Gasteiger partial charge in [-0.15, -0.1) is 10.2 Å².